The van der Waals surface area contributed by atoms with Crippen LogP contribution in [0, 0.1) is 0 Å². The number of guanidine groups is 1. The van der Waals surface area contributed by atoms with Crippen LogP contribution in [0.15, 0.2) is 47.5 Å². The SMILES string of the molecule is CCN(C)Cc1cccc(CN=C(N)Nc2cc(OC)ccc2OC)c1. The fraction of sp³-hybridized carbons (Fsp3) is 0.350. The molecule has 2 rings (SSSR count). The average molecular weight is 356 g/mol. The van der Waals surface area contributed by atoms with Gasteiger partial charge in [0.1, 0.15) is 11.5 Å². The number of nitrogens with one attached hydrogen (secondary N) is 1. The number of nitrogens with two attached hydrogens (primary N) is 1. The van der Waals surface area contributed by atoms with Gasteiger partial charge in [-0.1, -0.05) is 31.2 Å². The second kappa shape index (κ2) is 9.68. The number of hydrogen-bond acceptors (Lipinski definition) is 4. The van der Waals surface area contributed by atoms with E-state index < -0.39 is 0 Å². The number of anilines is 1. The van der Waals surface area contributed by atoms with Crippen molar-refractivity contribution in [2.24, 2.45) is 10.7 Å². The maximum absolute atomic E-state index is 6.04. The number of ether oxygens (including phenoxy) is 2. The van der Waals surface area contributed by atoms with Crippen LogP contribution >= 0.6 is 0 Å². The van der Waals surface area contributed by atoms with E-state index in [1.165, 1.54) is 5.56 Å². The lowest BCUT2D eigenvalue weighted by molar-refractivity contribution is 0.345. The monoisotopic (exact) mass is 356 g/mol. The number of methoxy groups -OCH3 is 2. The van der Waals surface area contributed by atoms with Crippen LogP contribution in [0.25, 0.3) is 0 Å². The molecule has 0 radical (unpaired) electrons. The minimum atomic E-state index is 0.327. The van der Waals surface area contributed by atoms with Crippen molar-refractivity contribution in [3.05, 3.63) is 53.6 Å². The third-order valence-electron chi connectivity index (χ3n) is 4.09. The van der Waals surface area contributed by atoms with Crippen molar-refractivity contribution in [2.45, 2.75) is 20.0 Å². The van der Waals surface area contributed by atoms with E-state index in [4.69, 9.17) is 15.2 Å². The summed E-state index contributed by atoms with van der Waals surface area (Å²) < 4.78 is 10.6. The molecule has 0 aliphatic heterocycles. The van der Waals surface area contributed by atoms with E-state index in [2.05, 4.69) is 53.4 Å². The molecule has 0 amide bonds. The minimum Gasteiger partial charge on any atom is -0.497 e. The van der Waals surface area contributed by atoms with Gasteiger partial charge in [0, 0.05) is 12.6 Å². The number of rotatable bonds is 8. The quantitative estimate of drug-likeness (QED) is 0.562. The zero-order valence-electron chi connectivity index (χ0n) is 16.0. The van der Waals surface area contributed by atoms with Crippen LogP contribution in [0.1, 0.15) is 18.1 Å². The maximum Gasteiger partial charge on any atom is 0.193 e. The molecule has 0 bridgehead atoms. The topological polar surface area (TPSA) is 72.1 Å². The largest absolute Gasteiger partial charge is 0.497 e. The van der Waals surface area contributed by atoms with Gasteiger partial charge in [-0.25, -0.2) is 4.99 Å². The van der Waals surface area contributed by atoms with Gasteiger partial charge in [0.15, 0.2) is 5.96 Å². The van der Waals surface area contributed by atoms with E-state index in [-0.39, 0.29) is 0 Å². The first kappa shape index (κ1) is 19.6. The Kier molecular flexibility index (Phi) is 7.29. The van der Waals surface area contributed by atoms with E-state index in [1.807, 2.05) is 18.2 Å². The Labute approximate surface area is 155 Å². The zero-order valence-corrected chi connectivity index (χ0v) is 16.0. The normalized spacial score (nSPS) is 11.5. The summed E-state index contributed by atoms with van der Waals surface area (Å²) in [6.45, 7) is 4.59. The van der Waals surface area contributed by atoms with Crippen molar-refractivity contribution in [3.8, 4) is 11.5 Å². The standard InChI is InChI=1S/C20H28N4O2/c1-5-24(2)14-16-8-6-7-15(11-16)13-22-20(21)23-18-12-17(25-3)9-10-19(18)26-4/h6-12H,5,13-14H2,1-4H3,(H3,21,22,23). The first-order valence-electron chi connectivity index (χ1n) is 8.61. The Morgan fingerprint density at radius 1 is 1.12 bits per heavy atom. The third-order valence-corrected chi connectivity index (χ3v) is 4.09. The lowest BCUT2D eigenvalue weighted by Gasteiger charge is -2.14. The second-order valence-corrected chi connectivity index (χ2v) is 6.04. The summed E-state index contributed by atoms with van der Waals surface area (Å²) in [5.41, 5.74) is 9.14. The summed E-state index contributed by atoms with van der Waals surface area (Å²) in [6, 6.07) is 13.9. The van der Waals surface area contributed by atoms with Gasteiger partial charge in [0.25, 0.3) is 0 Å². The van der Waals surface area contributed by atoms with Crippen LogP contribution < -0.4 is 20.5 Å². The van der Waals surface area contributed by atoms with Crippen molar-refractivity contribution in [1.82, 2.24) is 4.90 Å². The lowest BCUT2D eigenvalue weighted by atomic mass is 10.1. The summed E-state index contributed by atoms with van der Waals surface area (Å²) in [5.74, 6) is 1.72. The molecule has 0 heterocycles. The van der Waals surface area contributed by atoms with Gasteiger partial charge in [-0.2, -0.15) is 0 Å². The predicted molar refractivity (Wildman–Crippen MR) is 107 cm³/mol. The highest BCUT2D eigenvalue weighted by atomic mass is 16.5. The van der Waals surface area contributed by atoms with Gasteiger partial charge in [-0.3, -0.25) is 0 Å². The molecule has 6 nitrogen and oxygen atoms in total. The second-order valence-electron chi connectivity index (χ2n) is 6.04. The average Bonchev–Trinajstić information content (AvgIpc) is 2.66. The molecule has 0 saturated heterocycles. The predicted octanol–water partition coefficient (Wildman–Crippen LogP) is 3.08. The maximum atomic E-state index is 6.04. The molecule has 6 heteroatoms. The van der Waals surface area contributed by atoms with Crippen LogP contribution in [-0.4, -0.2) is 38.7 Å². The van der Waals surface area contributed by atoms with E-state index in [1.54, 1.807) is 14.2 Å². The summed E-state index contributed by atoms with van der Waals surface area (Å²) in [5, 5.41) is 3.08. The van der Waals surface area contributed by atoms with E-state index >= 15 is 0 Å². The van der Waals surface area contributed by atoms with Crippen molar-refractivity contribution in [3.63, 3.8) is 0 Å². The Bertz CT molecular complexity index is 746. The van der Waals surface area contributed by atoms with Crippen molar-refractivity contribution < 1.29 is 9.47 Å². The smallest absolute Gasteiger partial charge is 0.193 e. The molecule has 0 aliphatic carbocycles. The molecule has 2 aromatic rings. The molecule has 0 unspecified atom stereocenters. The van der Waals surface area contributed by atoms with Crippen LogP contribution in [0.5, 0.6) is 11.5 Å². The Morgan fingerprint density at radius 2 is 1.88 bits per heavy atom. The van der Waals surface area contributed by atoms with Gasteiger partial charge < -0.3 is 25.4 Å². The molecule has 0 spiro atoms. The van der Waals surface area contributed by atoms with Gasteiger partial charge in [0.2, 0.25) is 0 Å². The molecule has 140 valence electrons. The fourth-order valence-electron chi connectivity index (χ4n) is 2.52. The zero-order chi connectivity index (χ0) is 18.9. The molecule has 0 aliphatic rings. The van der Waals surface area contributed by atoms with E-state index in [0.29, 0.717) is 29.7 Å². The highest BCUT2D eigenvalue weighted by molar-refractivity contribution is 5.94. The van der Waals surface area contributed by atoms with Gasteiger partial charge in [-0.05, 0) is 36.9 Å². The van der Waals surface area contributed by atoms with E-state index in [0.717, 1.165) is 18.7 Å². The molecule has 3 N–H and O–H groups in total. The van der Waals surface area contributed by atoms with Crippen LogP contribution in [0.2, 0.25) is 0 Å². The van der Waals surface area contributed by atoms with Crippen LogP contribution in [0.4, 0.5) is 5.69 Å². The molecule has 2 aromatic carbocycles. The molecule has 0 atom stereocenters. The number of benzene rings is 2. The van der Waals surface area contributed by atoms with Crippen LogP contribution in [0.3, 0.4) is 0 Å². The number of aliphatic imine (C=N–C) groups is 1. The first-order valence-corrected chi connectivity index (χ1v) is 8.61. The molecule has 0 saturated carbocycles. The molecule has 0 aromatic heterocycles. The Hall–Kier alpha value is -2.73. The van der Waals surface area contributed by atoms with E-state index in [9.17, 15) is 0 Å². The highest BCUT2D eigenvalue weighted by Gasteiger charge is 2.06. The third kappa shape index (κ3) is 5.67. The van der Waals surface area contributed by atoms with Gasteiger partial charge in [-0.15, -0.1) is 0 Å². The summed E-state index contributed by atoms with van der Waals surface area (Å²) in [7, 11) is 5.33. The van der Waals surface area contributed by atoms with Crippen LogP contribution in [-0.2, 0) is 13.1 Å². The summed E-state index contributed by atoms with van der Waals surface area (Å²) in [6.07, 6.45) is 0. The molecular weight excluding hydrogens is 328 g/mol. The number of hydrogen-bond donors (Lipinski definition) is 2. The van der Waals surface area contributed by atoms with Crippen molar-refractivity contribution >= 4 is 11.6 Å². The van der Waals surface area contributed by atoms with Gasteiger partial charge in [0.05, 0.1) is 26.5 Å². The van der Waals surface area contributed by atoms with Gasteiger partial charge >= 0.3 is 0 Å². The molecule has 26 heavy (non-hydrogen) atoms. The van der Waals surface area contributed by atoms with Crippen molar-refractivity contribution in [2.75, 3.05) is 33.1 Å². The number of nitrogens with zero attached hydrogens (tertiary/aromatic N) is 2. The minimum absolute atomic E-state index is 0.327. The Morgan fingerprint density at radius 3 is 2.58 bits per heavy atom. The summed E-state index contributed by atoms with van der Waals surface area (Å²) in [4.78, 5) is 6.69. The lowest BCUT2D eigenvalue weighted by Crippen LogP contribution is -2.23. The Balaban J connectivity index is 2.06. The first-order chi connectivity index (χ1) is 12.5. The fourth-order valence-corrected chi connectivity index (χ4v) is 2.52. The van der Waals surface area contributed by atoms with Crippen molar-refractivity contribution in [1.29, 1.82) is 0 Å². The molecule has 0 fully saturated rings. The molecular formula is C20H28N4O2. The summed E-state index contributed by atoms with van der Waals surface area (Å²) >= 11 is 0. The highest BCUT2D eigenvalue weighted by Crippen LogP contribution is 2.28.